The number of fused-ring (bicyclic) bond motifs is 1. The first-order chi connectivity index (χ1) is 13.4. The van der Waals surface area contributed by atoms with Crippen LogP contribution in [0, 0.1) is 6.92 Å². The zero-order valence-electron chi connectivity index (χ0n) is 15.4. The molecule has 2 N–H and O–H groups in total. The number of halogens is 1. The maximum absolute atomic E-state index is 11.6. The quantitative estimate of drug-likeness (QED) is 0.662. The van der Waals surface area contributed by atoms with Crippen molar-refractivity contribution in [2.75, 3.05) is 6.61 Å². The summed E-state index contributed by atoms with van der Waals surface area (Å²) in [5.41, 5.74) is 4.19. The SMILES string of the molecule is Cc1c(-c2c(-c3cccs3)nn(C)c2C(O)C(=O)O)cc(Cl)c2c1CCCO2. The van der Waals surface area contributed by atoms with Crippen molar-refractivity contribution in [2.24, 2.45) is 7.05 Å². The van der Waals surface area contributed by atoms with Crippen molar-refractivity contribution in [3.63, 3.8) is 0 Å². The molecule has 0 fully saturated rings. The minimum absolute atomic E-state index is 0.228. The second kappa shape index (κ2) is 7.24. The molecular formula is C20H19ClN2O4S. The number of carbonyl (C=O) groups is 1. The maximum Gasteiger partial charge on any atom is 0.338 e. The number of hydrogen-bond acceptors (Lipinski definition) is 5. The Labute approximate surface area is 171 Å². The topological polar surface area (TPSA) is 84.6 Å². The van der Waals surface area contributed by atoms with Crippen LogP contribution in [0.2, 0.25) is 5.02 Å². The van der Waals surface area contributed by atoms with Crippen LogP contribution in [-0.2, 0) is 18.3 Å². The summed E-state index contributed by atoms with van der Waals surface area (Å²) >= 11 is 8.02. The van der Waals surface area contributed by atoms with Crippen molar-refractivity contribution in [2.45, 2.75) is 25.9 Å². The molecular weight excluding hydrogens is 400 g/mol. The zero-order valence-corrected chi connectivity index (χ0v) is 17.0. The number of ether oxygens (including phenoxy) is 1. The molecule has 0 saturated heterocycles. The molecule has 0 saturated carbocycles. The van der Waals surface area contributed by atoms with Crippen LogP contribution < -0.4 is 4.74 Å². The molecule has 0 amide bonds. The van der Waals surface area contributed by atoms with Gasteiger partial charge >= 0.3 is 5.97 Å². The molecule has 1 aliphatic rings. The molecule has 0 bridgehead atoms. The van der Waals surface area contributed by atoms with Crippen molar-refractivity contribution in [3.8, 4) is 27.4 Å². The third-order valence-corrected chi connectivity index (χ3v) is 6.20. The van der Waals surface area contributed by atoms with E-state index in [0.717, 1.165) is 34.4 Å². The molecule has 3 aromatic rings. The first-order valence-corrected chi connectivity index (χ1v) is 10.1. The van der Waals surface area contributed by atoms with Crippen LogP contribution in [0.5, 0.6) is 5.75 Å². The number of carboxylic acid groups (broad SMARTS) is 1. The van der Waals surface area contributed by atoms with Crippen LogP contribution in [0.3, 0.4) is 0 Å². The van der Waals surface area contributed by atoms with Crippen LogP contribution in [0.15, 0.2) is 23.6 Å². The van der Waals surface area contributed by atoms with Gasteiger partial charge in [0.05, 0.1) is 22.2 Å². The van der Waals surface area contributed by atoms with Gasteiger partial charge in [0.25, 0.3) is 0 Å². The normalized spacial score (nSPS) is 14.4. The molecule has 0 radical (unpaired) electrons. The Bertz CT molecular complexity index is 1060. The number of benzene rings is 1. The summed E-state index contributed by atoms with van der Waals surface area (Å²) in [7, 11) is 1.64. The van der Waals surface area contributed by atoms with E-state index in [1.54, 1.807) is 13.1 Å². The minimum Gasteiger partial charge on any atom is -0.492 e. The summed E-state index contributed by atoms with van der Waals surface area (Å²) in [6, 6.07) is 5.62. The molecule has 0 aliphatic carbocycles. The first kappa shape index (κ1) is 19.0. The fourth-order valence-corrected chi connectivity index (χ4v) is 4.73. The average Bonchev–Trinajstić information content (AvgIpc) is 3.31. The van der Waals surface area contributed by atoms with Gasteiger partial charge in [-0.2, -0.15) is 5.10 Å². The van der Waals surface area contributed by atoms with Gasteiger partial charge in [-0.05, 0) is 54.0 Å². The fraction of sp³-hybridized carbons (Fsp3) is 0.300. The monoisotopic (exact) mass is 418 g/mol. The van der Waals surface area contributed by atoms with E-state index in [1.807, 2.05) is 24.4 Å². The predicted octanol–water partition coefficient (Wildman–Crippen LogP) is 4.22. The lowest BCUT2D eigenvalue weighted by Crippen LogP contribution is -2.16. The zero-order chi connectivity index (χ0) is 20.0. The van der Waals surface area contributed by atoms with Gasteiger partial charge in [-0.25, -0.2) is 4.79 Å². The minimum atomic E-state index is -1.70. The van der Waals surface area contributed by atoms with E-state index in [-0.39, 0.29) is 5.69 Å². The van der Waals surface area contributed by atoms with E-state index in [0.29, 0.717) is 28.6 Å². The molecule has 3 heterocycles. The third-order valence-electron chi connectivity index (χ3n) is 5.04. The molecule has 1 unspecified atom stereocenters. The highest BCUT2D eigenvalue weighted by atomic mass is 35.5. The van der Waals surface area contributed by atoms with E-state index < -0.39 is 12.1 Å². The van der Waals surface area contributed by atoms with Gasteiger partial charge < -0.3 is 14.9 Å². The van der Waals surface area contributed by atoms with Crippen LogP contribution in [0.1, 0.15) is 29.3 Å². The summed E-state index contributed by atoms with van der Waals surface area (Å²) in [4.78, 5) is 12.5. The van der Waals surface area contributed by atoms with E-state index in [2.05, 4.69) is 5.10 Å². The van der Waals surface area contributed by atoms with Crippen molar-refractivity contribution in [3.05, 3.63) is 45.4 Å². The van der Waals surface area contributed by atoms with Crippen molar-refractivity contribution < 1.29 is 19.7 Å². The number of carboxylic acids is 1. The Balaban J connectivity index is 2.04. The average molecular weight is 419 g/mol. The number of thiophene rings is 1. The standard InChI is InChI=1S/C20H19ClN2O4S/c1-10-11-5-3-7-27-19(11)13(21)9-12(10)15-16(14-6-4-8-28-14)22-23(2)17(15)18(24)20(25)26/h4,6,8-9,18,24H,3,5,7H2,1-2H3,(H,25,26). The number of aryl methyl sites for hydroxylation is 1. The number of aliphatic carboxylic acids is 1. The van der Waals surface area contributed by atoms with E-state index in [9.17, 15) is 15.0 Å². The van der Waals surface area contributed by atoms with Crippen LogP contribution in [-0.4, -0.2) is 32.6 Å². The fourth-order valence-electron chi connectivity index (χ4n) is 3.74. The summed E-state index contributed by atoms with van der Waals surface area (Å²) in [6.07, 6.45) is 0.0232. The van der Waals surface area contributed by atoms with E-state index in [4.69, 9.17) is 16.3 Å². The van der Waals surface area contributed by atoms with Gasteiger partial charge in [0.1, 0.15) is 11.4 Å². The second-order valence-electron chi connectivity index (χ2n) is 6.74. The molecule has 6 nitrogen and oxygen atoms in total. The Morgan fingerprint density at radius 3 is 2.93 bits per heavy atom. The van der Waals surface area contributed by atoms with Crippen LogP contribution in [0.25, 0.3) is 21.7 Å². The summed E-state index contributed by atoms with van der Waals surface area (Å²) < 4.78 is 7.19. The van der Waals surface area contributed by atoms with Crippen molar-refractivity contribution >= 4 is 28.9 Å². The van der Waals surface area contributed by atoms with Gasteiger partial charge in [0.15, 0.2) is 6.10 Å². The Kier molecular flexibility index (Phi) is 4.91. The highest BCUT2D eigenvalue weighted by Gasteiger charge is 2.31. The molecule has 4 rings (SSSR count). The Morgan fingerprint density at radius 1 is 1.46 bits per heavy atom. The maximum atomic E-state index is 11.6. The van der Waals surface area contributed by atoms with Gasteiger partial charge in [-0.3, -0.25) is 4.68 Å². The van der Waals surface area contributed by atoms with E-state index in [1.165, 1.54) is 16.0 Å². The first-order valence-electron chi connectivity index (χ1n) is 8.87. The number of nitrogens with zero attached hydrogens (tertiary/aromatic N) is 2. The van der Waals surface area contributed by atoms with Gasteiger partial charge in [0, 0.05) is 12.6 Å². The molecule has 28 heavy (non-hydrogen) atoms. The van der Waals surface area contributed by atoms with Crippen LogP contribution >= 0.6 is 22.9 Å². The molecule has 2 aromatic heterocycles. The van der Waals surface area contributed by atoms with Crippen molar-refractivity contribution in [1.82, 2.24) is 9.78 Å². The Hall–Kier alpha value is -2.35. The third kappa shape index (κ3) is 2.99. The van der Waals surface area contributed by atoms with E-state index >= 15 is 0 Å². The number of rotatable bonds is 4. The lowest BCUT2D eigenvalue weighted by Gasteiger charge is -2.23. The molecule has 1 aliphatic heterocycles. The lowest BCUT2D eigenvalue weighted by atomic mass is 9.90. The predicted molar refractivity (Wildman–Crippen MR) is 108 cm³/mol. The molecule has 1 atom stereocenters. The van der Waals surface area contributed by atoms with Crippen molar-refractivity contribution in [1.29, 1.82) is 0 Å². The summed E-state index contributed by atoms with van der Waals surface area (Å²) in [6.45, 7) is 2.60. The Morgan fingerprint density at radius 2 is 2.25 bits per heavy atom. The molecule has 0 spiro atoms. The lowest BCUT2D eigenvalue weighted by molar-refractivity contribution is -0.147. The highest BCUT2D eigenvalue weighted by molar-refractivity contribution is 7.13. The van der Waals surface area contributed by atoms with Gasteiger partial charge in [-0.15, -0.1) is 11.3 Å². The summed E-state index contributed by atoms with van der Waals surface area (Å²) in [5, 5.41) is 26.8. The van der Waals surface area contributed by atoms with Crippen LogP contribution in [0.4, 0.5) is 0 Å². The molecule has 146 valence electrons. The molecule has 1 aromatic carbocycles. The smallest absolute Gasteiger partial charge is 0.338 e. The number of hydrogen-bond donors (Lipinski definition) is 2. The largest absolute Gasteiger partial charge is 0.492 e. The number of aliphatic hydroxyl groups is 1. The number of aromatic nitrogens is 2. The van der Waals surface area contributed by atoms with Gasteiger partial charge in [0.2, 0.25) is 0 Å². The van der Waals surface area contributed by atoms with Gasteiger partial charge in [-0.1, -0.05) is 17.7 Å². The summed E-state index contributed by atoms with van der Waals surface area (Å²) in [5.74, 6) is -0.636. The highest BCUT2D eigenvalue weighted by Crippen LogP contribution is 2.45. The molecule has 8 heteroatoms. The number of aliphatic hydroxyl groups excluding tert-OH is 1. The second-order valence-corrected chi connectivity index (χ2v) is 8.10.